The second-order valence-electron chi connectivity index (χ2n) is 10.3. The third kappa shape index (κ3) is 5.65. The van der Waals surface area contributed by atoms with Crippen molar-refractivity contribution in [3.05, 3.63) is 46.1 Å². The molecule has 0 bridgehead atoms. The Morgan fingerprint density at radius 2 is 1.81 bits per heavy atom. The summed E-state index contributed by atoms with van der Waals surface area (Å²) in [7, 11) is 5.22. The van der Waals surface area contributed by atoms with Crippen molar-refractivity contribution >= 4 is 28.8 Å². The minimum absolute atomic E-state index is 0.0580. The van der Waals surface area contributed by atoms with Crippen molar-refractivity contribution in [2.75, 3.05) is 47.4 Å². The van der Waals surface area contributed by atoms with E-state index in [0.717, 1.165) is 24.4 Å². The van der Waals surface area contributed by atoms with Gasteiger partial charge >= 0.3 is 5.97 Å². The molecule has 3 aliphatic rings. The van der Waals surface area contributed by atoms with Crippen LogP contribution in [0.3, 0.4) is 0 Å². The summed E-state index contributed by atoms with van der Waals surface area (Å²) in [6, 6.07) is 4.99. The lowest BCUT2D eigenvalue weighted by molar-refractivity contribution is -0.150. The van der Waals surface area contributed by atoms with E-state index >= 15 is 0 Å². The van der Waals surface area contributed by atoms with E-state index in [1.165, 1.54) is 11.8 Å². The van der Waals surface area contributed by atoms with Gasteiger partial charge in [-0.2, -0.15) is 0 Å². The number of thioether (sulfide) groups is 1. The molecule has 1 amide bonds. The predicted octanol–water partition coefficient (Wildman–Crippen LogP) is 3.78. The Hall–Kier alpha value is -2.98. The SMILES string of the molecule is COc1cccc(C2C(C(=O)OC(C)(C)C)=C(C)N=C3SC=C(CC(=O)N4CCN(C)CC4)N32)c1OC. The lowest BCUT2D eigenvalue weighted by atomic mass is 9.92. The molecule has 10 heteroatoms. The van der Waals surface area contributed by atoms with Gasteiger partial charge in [-0.25, -0.2) is 9.79 Å². The summed E-state index contributed by atoms with van der Waals surface area (Å²) >= 11 is 1.45. The molecule has 1 aromatic carbocycles. The summed E-state index contributed by atoms with van der Waals surface area (Å²) in [6.07, 6.45) is 0.208. The third-order valence-corrected chi connectivity index (χ3v) is 7.42. The normalized spacial score (nSPS) is 20.4. The lowest BCUT2D eigenvalue weighted by Gasteiger charge is -2.38. The smallest absolute Gasteiger partial charge is 0.338 e. The summed E-state index contributed by atoms with van der Waals surface area (Å²) in [4.78, 5) is 37.8. The van der Waals surface area contributed by atoms with Gasteiger partial charge in [0.1, 0.15) is 5.60 Å². The number of allylic oxidation sites excluding steroid dienone is 1. The Labute approximate surface area is 223 Å². The van der Waals surface area contributed by atoms with Crippen molar-refractivity contribution in [2.45, 2.75) is 45.8 Å². The van der Waals surface area contributed by atoms with Crippen LogP contribution in [0, 0.1) is 0 Å². The molecule has 1 saturated heterocycles. The lowest BCUT2D eigenvalue weighted by Crippen LogP contribution is -2.47. The van der Waals surface area contributed by atoms with Gasteiger partial charge in [0.2, 0.25) is 5.91 Å². The molecule has 0 spiro atoms. The number of piperazine rings is 1. The maximum atomic E-state index is 13.6. The van der Waals surface area contributed by atoms with Crippen LogP contribution >= 0.6 is 11.8 Å². The summed E-state index contributed by atoms with van der Waals surface area (Å²) in [6.45, 7) is 10.4. The zero-order valence-corrected chi connectivity index (χ0v) is 23.5. The number of carbonyl (C=O) groups is 2. The van der Waals surface area contributed by atoms with E-state index in [2.05, 4.69) is 11.9 Å². The average Bonchev–Trinajstić information content (AvgIpc) is 3.23. The highest BCUT2D eigenvalue weighted by atomic mass is 32.2. The van der Waals surface area contributed by atoms with Crippen molar-refractivity contribution in [1.29, 1.82) is 0 Å². The van der Waals surface area contributed by atoms with Gasteiger partial charge in [-0.3, -0.25) is 4.79 Å². The van der Waals surface area contributed by atoms with Crippen LogP contribution in [-0.4, -0.2) is 84.8 Å². The van der Waals surface area contributed by atoms with Gasteiger partial charge in [0.15, 0.2) is 16.7 Å². The molecule has 1 aromatic rings. The first kappa shape index (κ1) is 27.1. The van der Waals surface area contributed by atoms with E-state index in [1.54, 1.807) is 14.2 Å². The quantitative estimate of drug-likeness (QED) is 0.516. The number of ether oxygens (including phenoxy) is 3. The highest BCUT2D eigenvalue weighted by molar-refractivity contribution is 8.16. The first-order valence-electron chi connectivity index (χ1n) is 12.4. The number of hydrogen-bond acceptors (Lipinski definition) is 9. The number of likely N-dealkylation sites (N-methyl/N-ethyl adjacent to an activating group) is 1. The molecule has 1 fully saturated rings. The summed E-state index contributed by atoms with van der Waals surface area (Å²) < 4.78 is 17.2. The van der Waals surface area contributed by atoms with Gasteiger partial charge in [0, 0.05) is 37.4 Å². The fourth-order valence-electron chi connectivity index (χ4n) is 4.71. The molecular weight excluding hydrogens is 492 g/mol. The van der Waals surface area contributed by atoms with Crippen molar-refractivity contribution in [2.24, 2.45) is 4.99 Å². The van der Waals surface area contributed by atoms with Crippen molar-refractivity contribution < 1.29 is 23.8 Å². The first-order chi connectivity index (χ1) is 17.5. The summed E-state index contributed by atoms with van der Waals surface area (Å²) in [5, 5.41) is 2.67. The van der Waals surface area contributed by atoms with Gasteiger partial charge in [-0.1, -0.05) is 23.9 Å². The van der Waals surface area contributed by atoms with Crippen molar-refractivity contribution in [3.8, 4) is 11.5 Å². The van der Waals surface area contributed by atoms with Crippen LogP contribution in [0.15, 0.2) is 45.6 Å². The number of hydrogen-bond donors (Lipinski definition) is 0. The number of amidine groups is 1. The number of fused-ring (bicyclic) bond motifs is 1. The molecule has 3 aliphatic heterocycles. The van der Waals surface area contributed by atoms with Crippen LogP contribution in [-0.2, 0) is 14.3 Å². The van der Waals surface area contributed by atoms with Crippen molar-refractivity contribution in [3.63, 3.8) is 0 Å². The topological polar surface area (TPSA) is 83.9 Å². The van der Waals surface area contributed by atoms with Gasteiger partial charge in [-0.05, 0) is 46.2 Å². The maximum absolute atomic E-state index is 13.6. The monoisotopic (exact) mass is 528 g/mol. The van der Waals surface area contributed by atoms with Crippen LogP contribution in [0.25, 0.3) is 0 Å². The molecule has 0 saturated carbocycles. The molecule has 1 unspecified atom stereocenters. The van der Waals surface area contributed by atoms with Crippen LogP contribution in [0.2, 0.25) is 0 Å². The highest BCUT2D eigenvalue weighted by Crippen LogP contribution is 2.49. The minimum Gasteiger partial charge on any atom is -0.493 e. The van der Waals surface area contributed by atoms with Crippen LogP contribution in [0.5, 0.6) is 11.5 Å². The molecule has 4 rings (SSSR count). The first-order valence-corrected chi connectivity index (χ1v) is 13.3. The fraction of sp³-hybridized carbons (Fsp3) is 0.519. The summed E-state index contributed by atoms with van der Waals surface area (Å²) in [5.41, 5.74) is 1.81. The third-order valence-electron chi connectivity index (χ3n) is 6.54. The van der Waals surface area contributed by atoms with Gasteiger partial charge in [-0.15, -0.1) is 0 Å². The van der Waals surface area contributed by atoms with Gasteiger partial charge in [0.25, 0.3) is 0 Å². The molecule has 37 heavy (non-hydrogen) atoms. The Bertz CT molecular complexity index is 1160. The minimum atomic E-state index is -0.687. The largest absolute Gasteiger partial charge is 0.493 e. The molecular formula is C27H36N4O5S. The Balaban J connectivity index is 1.76. The maximum Gasteiger partial charge on any atom is 0.338 e. The number of amides is 1. The zero-order chi connectivity index (χ0) is 26.9. The number of rotatable bonds is 6. The number of para-hydroxylation sites is 1. The molecule has 0 aromatic heterocycles. The van der Waals surface area contributed by atoms with E-state index in [1.807, 2.05) is 61.1 Å². The zero-order valence-electron chi connectivity index (χ0n) is 22.7. The number of benzene rings is 1. The van der Waals surface area contributed by atoms with E-state index in [9.17, 15) is 9.59 Å². The molecule has 0 radical (unpaired) electrons. The van der Waals surface area contributed by atoms with E-state index in [4.69, 9.17) is 19.2 Å². The number of carbonyl (C=O) groups excluding carboxylic acids is 2. The van der Waals surface area contributed by atoms with Crippen molar-refractivity contribution in [1.82, 2.24) is 14.7 Å². The van der Waals surface area contributed by atoms with E-state index in [-0.39, 0.29) is 12.3 Å². The number of esters is 1. The number of nitrogens with zero attached hydrogens (tertiary/aromatic N) is 4. The number of methoxy groups -OCH3 is 2. The second kappa shape index (κ2) is 10.8. The van der Waals surface area contributed by atoms with Crippen LogP contribution < -0.4 is 9.47 Å². The predicted molar refractivity (Wildman–Crippen MR) is 144 cm³/mol. The molecule has 200 valence electrons. The Morgan fingerprint density at radius 1 is 1.11 bits per heavy atom. The number of aliphatic imine (C=N–C) groups is 1. The molecule has 3 heterocycles. The second-order valence-corrected chi connectivity index (χ2v) is 11.2. The Kier molecular flexibility index (Phi) is 7.89. The van der Waals surface area contributed by atoms with Gasteiger partial charge in [0.05, 0.1) is 38.0 Å². The molecule has 9 nitrogen and oxygen atoms in total. The fourth-order valence-corrected chi connectivity index (χ4v) is 5.67. The molecule has 0 N–H and O–H groups in total. The van der Waals surface area contributed by atoms with Gasteiger partial charge < -0.3 is 28.9 Å². The Morgan fingerprint density at radius 3 is 2.43 bits per heavy atom. The molecule has 0 aliphatic carbocycles. The average molecular weight is 529 g/mol. The molecule has 1 atom stereocenters. The van der Waals surface area contributed by atoms with E-state index in [0.29, 0.717) is 41.0 Å². The van der Waals surface area contributed by atoms with Crippen LogP contribution in [0.4, 0.5) is 0 Å². The summed E-state index contributed by atoms with van der Waals surface area (Å²) in [5.74, 6) is 0.676. The standard InChI is InChI=1S/C27H36N4O5S/c1-17-22(25(33)36-27(2,3)4)23(19-9-8-10-20(34-6)24(19)35-7)31-18(16-37-26(31)28-17)15-21(32)30-13-11-29(5)12-14-30/h8-10,16,23H,11-15H2,1-7H3. The highest BCUT2D eigenvalue weighted by Gasteiger charge is 2.43. The van der Waals surface area contributed by atoms with Crippen LogP contribution in [0.1, 0.15) is 45.7 Å². The van der Waals surface area contributed by atoms with E-state index < -0.39 is 17.6 Å².